The van der Waals surface area contributed by atoms with Crippen LogP contribution < -0.4 is 64.0 Å². The van der Waals surface area contributed by atoms with Crippen LogP contribution in [0.25, 0.3) is 0 Å². The topological polar surface area (TPSA) is 178 Å². The van der Waals surface area contributed by atoms with E-state index in [2.05, 4.69) is 19.3 Å². The second-order valence-corrected chi connectivity index (χ2v) is 7.00. The molecule has 33 heavy (non-hydrogen) atoms. The molecule has 2 N–H and O–H groups in total. The Morgan fingerprint density at radius 3 is 1.55 bits per heavy atom. The van der Waals surface area contributed by atoms with E-state index >= 15 is 0 Å². The van der Waals surface area contributed by atoms with Crippen LogP contribution in [-0.4, -0.2) is 76.9 Å². The van der Waals surface area contributed by atoms with Gasteiger partial charge in [-0.1, -0.05) is 12.1 Å². The van der Waals surface area contributed by atoms with Crippen LogP contribution in [0.5, 0.6) is 0 Å². The van der Waals surface area contributed by atoms with Crippen molar-refractivity contribution in [3.05, 3.63) is 29.8 Å². The smallest absolute Gasteiger partial charge is 0.870 e. The minimum atomic E-state index is -2.53. The maximum absolute atomic E-state index is 10.3. The van der Waals surface area contributed by atoms with Gasteiger partial charge in [0.05, 0.1) is 74.8 Å². The number of ether oxygens (including phenoxy) is 3. The Morgan fingerprint density at radius 2 is 1.12 bits per heavy atom. The molecule has 1 rings (SSSR count). The molecule has 0 heterocycles. The Bertz CT molecular complexity index is 708. The van der Waals surface area contributed by atoms with Crippen LogP contribution in [0.2, 0.25) is 0 Å². The number of hydrogen-bond donors (Lipinski definition) is 0. The van der Waals surface area contributed by atoms with E-state index < -0.39 is 22.0 Å². The van der Waals surface area contributed by atoms with Gasteiger partial charge < -0.3 is 55.3 Å². The third-order valence-corrected chi connectivity index (χ3v) is 4.28. The minimum absolute atomic E-state index is 0. The van der Waals surface area contributed by atoms with E-state index in [0.717, 1.165) is 11.3 Å². The summed E-state index contributed by atoms with van der Waals surface area (Å²) in [6, 6.07) is 8.05. The van der Waals surface area contributed by atoms with Crippen LogP contribution in [0.15, 0.2) is 24.3 Å². The summed E-state index contributed by atoms with van der Waals surface area (Å²) in [7, 11) is -5.05. The normalized spacial score (nSPS) is 10.0. The van der Waals surface area contributed by atoms with Crippen molar-refractivity contribution in [2.75, 3.05) is 70.8 Å². The summed E-state index contributed by atoms with van der Waals surface area (Å²) in [5.41, 5.74) is 2.17. The number of hydrogen-bond acceptors (Lipinski definition) is 14. The molecular weight excluding hydrogens is 504 g/mol. The Morgan fingerprint density at radius 1 is 0.697 bits per heavy atom. The molecule has 1 aromatic rings. The Balaban J connectivity index is -0.00000105. The number of nitrogens with zero attached hydrogens (tertiary/aromatic N) is 1. The molecule has 0 saturated carbocycles. The second kappa shape index (κ2) is 27.2. The zero-order valence-corrected chi connectivity index (χ0v) is 24.8. The summed E-state index contributed by atoms with van der Waals surface area (Å²) >= 11 is 0. The molecule has 0 aliphatic carbocycles. The van der Waals surface area contributed by atoms with E-state index in [1.165, 1.54) is 0 Å². The van der Waals surface area contributed by atoms with Crippen LogP contribution in [0.1, 0.15) is 5.56 Å². The number of rotatable bonds is 18. The number of anilines is 1. The standard InChI is InChI=1S/C17H27NO9S2.2Na.2H2O/c1-16-3-2-4-17(15-16)18(6-8-24-11-13-26-28(19)20)5-7-23-9-10-25-12-14-27-29(21)22;;;;/h2-4,15H,5-14H2,1H3;;;2*1H2/q-2;2*+1;;/p-2. The largest absolute Gasteiger partial charge is 1.00 e. The van der Waals surface area contributed by atoms with Crippen molar-refractivity contribution in [3.63, 3.8) is 0 Å². The maximum Gasteiger partial charge on any atom is 1.00 e. The van der Waals surface area contributed by atoms with Gasteiger partial charge in [-0.25, -0.2) is 0 Å². The van der Waals surface area contributed by atoms with Crippen molar-refractivity contribution >= 4 is 27.7 Å². The van der Waals surface area contributed by atoms with Crippen molar-refractivity contribution in [3.8, 4) is 0 Å². The van der Waals surface area contributed by atoms with Gasteiger partial charge in [0, 0.05) is 18.8 Å². The van der Waals surface area contributed by atoms with Gasteiger partial charge in [0.1, 0.15) is 0 Å². The average molecular weight is 534 g/mol. The molecule has 0 saturated heterocycles. The van der Waals surface area contributed by atoms with Crippen LogP contribution >= 0.6 is 0 Å². The van der Waals surface area contributed by atoms with Crippen molar-refractivity contribution in [2.45, 2.75) is 6.92 Å². The van der Waals surface area contributed by atoms with Crippen LogP contribution in [0.4, 0.5) is 5.69 Å². The molecule has 184 valence electrons. The van der Waals surface area contributed by atoms with E-state index in [9.17, 15) is 16.8 Å². The van der Waals surface area contributed by atoms with Crippen LogP contribution in [0.3, 0.4) is 0 Å². The fourth-order valence-corrected chi connectivity index (χ4v) is 2.70. The Labute approximate surface area is 242 Å². The van der Waals surface area contributed by atoms with E-state index in [1.807, 2.05) is 25.1 Å². The second-order valence-electron chi connectivity index (χ2n) is 5.72. The van der Waals surface area contributed by atoms with E-state index in [1.54, 1.807) is 0 Å². The molecule has 0 amide bonds. The summed E-state index contributed by atoms with van der Waals surface area (Å²) in [6.07, 6.45) is 0. The van der Waals surface area contributed by atoms with Gasteiger partial charge in [0.15, 0.2) is 0 Å². The molecule has 12 nitrogen and oxygen atoms in total. The third kappa shape index (κ3) is 24.1. The molecule has 0 fully saturated rings. The molecule has 0 aliphatic rings. The third-order valence-electron chi connectivity index (χ3n) is 3.56. The van der Waals surface area contributed by atoms with Crippen LogP contribution in [-0.2, 0) is 61.4 Å². The predicted molar refractivity (Wildman–Crippen MR) is 109 cm³/mol. The number of benzene rings is 1. The molecular formula is C17H29NNa2O11S2-2. The number of aryl methyl sites for hydroxylation is 1. The van der Waals surface area contributed by atoms with Gasteiger partial charge in [-0.3, -0.25) is 0 Å². The zero-order chi connectivity index (χ0) is 21.3. The monoisotopic (exact) mass is 533 g/mol. The molecule has 16 heteroatoms. The fourth-order valence-electron chi connectivity index (χ4n) is 2.29. The zero-order valence-electron chi connectivity index (χ0n) is 19.2. The summed E-state index contributed by atoms with van der Waals surface area (Å²) in [5, 5.41) is 0. The SMILES string of the molecule is Cc1cccc(N(CCOCCOCCO[S-](=O)=O)CCOCCO[S-](=O)=O)c1.[Na+].[Na+].[OH-].[OH-]. The van der Waals surface area contributed by atoms with Crippen LogP contribution in [0, 0.1) is 6.92 Å². The van der Waals surface area contributed by atoms with Gasteiger partial charge >= 0.3 is 59.1 Å². The quantitative estimate of drug-likeness (QED) is 0.0998. The predicted octanol–water partition coefficient (Wildman–Crippen LogP) is -5.01. The first-order valence-electron chi connectivity index (χ1n) is 8.99. The van der Waals surface area contributed by atoms with Crippen molar-refractivity contribution in [1.29, 1.82) is 0 Å². The van der Waals surface area contributed by atoms with E-state index in [0.29, 0.717) is 39.5 Å². The summed E-state index contributed by atoms with van der Waals surface area (Å²) < 4.78 is 65.8. The van der Waals surface area contributed by atoms with Crippen molar-refractivity contribution in [2.24, 2.45) is 0 Å². The van der Waals surface area contributed by atoms with Gasteiger partial charge in [-0.15, -0.1) is 0 Å². The van der Waals surface area contributed by atoms with Gasteiger partial charge in [0.2, 0.25) is 0 Å². The Hall–Kier alpha value is 0.640. The van der Waals surface area contributed by atoms with E-state index in [4.69, 9.17) is 14.2 Å². The first-order chi connectivity index (χ1) is 14.0. The Kier molecular flexibility index (Phi) is 33.7. The molecule has 0 atom stereocenters. The average Bonchev–Trinajstić information content (AvgIpc) is 2.67. The van der Waals surface area contributed by atoms with Crippen molar-refractivity contribution < 1.29 is 109 Å². The van der Waals surface area contributed by atoms with Crippen molar-refractivity contribution in [1.82, 2.24) is 0 Å². The molecule has 0 aliphatic heterocycles. The molecule has 0 aromatic heterocycles. The summed E-state index contributed by atoms with van der Waals surface area (Å²) in [5.74, 6) is 0. The first kappa shape index (κ1) is 40.8. The molecule has 1 aromatic carbocycles. The summed E-state index contributed by atoms with van der Waals surface area (Å²) in [4.78, 5) is 2.11. The molecule has 0 spiro atoms. The molecule has 0 radical (unpaired) electrons. The van der Waals surface area contributed by atoms with Gasteiger partial charge in [-0.2, -0.15) is 0 Å². The van der Waals surface area contributed by atoms with E-state index in [-0.39, 0.29) is 96.5 Å². The molecule has 0 unspecified atom stereocenters. The molecule has 0 bridgehead atoms. The van der Waals surface area contributed by atoms with Gasteiger partial charge in [0.25, 0.3) is 0 Å². The van der Waals surface area contributed by atoms with Gasteiger partial charge in [-0.05, 0) is 24.6 Å². The minimum Gasteiger partial charge on any atom is -0.870 e. The fraction of sp³-hybridized carbons (Fsp3) is 0.647. The maximum atomic E-state index is 10.3. The summed E-state index contributed by atoms with van der Waals surface area (Å²) in [6.45, 7) is 5.17. The first-order valence-corrected chi connectivity index (χ1v) is 11.0.